The summed E-state index contributed by atoms with van der Waals surface area (Å²) in [5, 5.41) is 19.2. The van der Waals surface area contributed by atoms with Crippen LogP contribution in [0.5, 0.6) is 0 Å². The van der Waals surface area contributed by atoms with E-state index in [0.717, 1.165) is 22.0 Å². The number of nitrogens with one attached hydrogen (secondary N) is 1. The van der Waals surface area contributed by atoms with E-state index in [-0.39, 0.29) is 5.84 Å². The molecule has 0 aliphatic heterocycles. The van der Waals surface area contributed by atoms with Gasteiger partial charge >= 0.3 is 0 Å². The van der Waals surface area contributed by atoms with Crippen molar-refractivity contribution < 1.29 is 5.21 Å². The molecule has 0 bridgehead atoms. The van der Waals surface area contributed by atoms with Crippen LogP contribution in [0.1, 0.15) is 11.1 Å². The number of benzene rings is 1. The molecule has 1 heterocycles. The van der Waals surface area contributed by atoms with Crippen LogP contribution in [0.4, 0.5) is 0 Å². The van der Waals surface area contributed by atoms with E-state index in [9.17, 15) is 0 Å². The molecule has 0 spiro atoms. The van der Waals surface area contributed by atoms with Crippen molar-refractivity contribution in [3.8, 4) is 0 Å². The van der Waals surface area contributed by atoms with Crippen molar-refractivity contribution in [2.75, 3.05) is 0 Å². The number of aromatic nitrogens is 2. The van der Waals surface area contributed by atoms with E-state index >= 15 is 0 Å². The molecule has 5 nitrogen and oxygen atoms in total. The molecule has 0 saturated heterocycles. The van der Waals surface area contributed by atoms with Gasteiger partial charge in [-0.1, -0.05) is 5.16 Å². The van der Waals surface area contributed by atoms with Crippen LogP contribution in [0, 0.1) is 6.92 Å². The Kier molecular flexibility index (Phi) is 1.85. The maximum Gasteiger partial charge on any atom is 0.170 e. The van der Waals surface area contributed by atoms with Crippen LogP contribution in [-0.4, -0.2) is 21.2 Å². The van der Waals surface area contributed by atoms with Crippen LogP contribution < -0.4 is 5.73 Å². The van der Waals surface area contributed by atoms with Gasteiger partial charge in [-0.25, -0.2) is 0 Å². The molecule has 5 heteroatoms. The average Bonchev–Trinajstić information content (AvgIpc) is 2.62. The summed E-state index contributed by atoms with van der Waals surface area (Å²) in [5.41, 5.74) is 8.13. The van der Waals surface area contributed by atoms with Crippen molar-refractivity contribution in [2.45, 2.75) is 6.92 Å². The highest BCUT2D eigenvalue weighted by atomic mass is 16.4. The van der Waals surface area contributed by atoms with Gasteiger partial charge in [-0.05, 0) is 24.6 Å². The minimum atomic E-state index is 0.116. The van der Waals surface area contributed by atoms with Crippen LogP contribution in [0.3, 0.4) is 0 Å². The molecule has 2 rings (SSSR count). The van der Waals surface area contributed by atoms with Gasteiger partial charge in [0.05, 0.1) is 11.7 Å². The number of hydrogen-bond acceptors (Lipinski definition) is 3. The van der Waals surface area contributed by atoms with Crippen molar-refractivity contribution in [1.29, 1.82) is 0 Å². The van der Waals surface area contributed by atoms with Crippen LogP contribution >= 0.6 is 0 Å². The lowest BCUT2D eigenvalue weighted by Crippen LogP contribution is -2.14. The summed E-state index contributed by atoms with van der Waals surface area (Å²) in [4.78, 5) is 0. The highest BCUT2D eigenvalue weighted by Gasteiger charge is 2.06. The average molecular weight is 190 g/mol. The zero-order valence-corrected chi connectivity index (χ0v) is 7.65. The highest BCUT2D eigenvalue weighted by Crippen LogP contribution is 2.17. The van der Waals surface area contributed by atoms with E-state index in [0.29, 0.717) is 0 Å². The molecule has 0 radical (unpaired) electrons. The Morgan fingerprint density at radius 3 is 3.07 bits per heavy atom. The molecule has 0 saturated carbocycles. The number of hydrogen-bond donors (Lipinski definition) is 3. The number of H-pyrrole nitrogens is 1. The Labute approximate surface area is 80.2 Å². The minimum Gasteiger partial charge on any atom is -0.409 e. The maximum absolute atomic E-state index is 8.57. The first kappa shape index (κ1) is 8.55. The molecule has 1 aromatic heterocycles. The summed E-state index contributed by atoms with van der Waals surface area (Å²) >= 11 is 0. The van der Waals surface area contributed by atoms with Gasteiger partial charge in [0.1, 0.15) is 0 Å². The first-order valence-corrected chi connectivity index (χ1v) is 4.14. The third kappa shape index (κ3) is 1.19. The van der Waals surface area contributed by atoms with E-state index < -0.39 is 0 Å². The lowest BCUT2D eigenvalue weighted by atomic mass is 10.1. The predicted molar refractivity (Wildman–Crippen MR) is 53.3 cm³/mol. The maximum atomic E-state index is 8.57. The first-order chi connectivity index (χ1) is 6.72. The molecule has 0 unspecified atom stereocenters. The molecular formula is C9H10N4O. The second-order valence-corrected chi connectivity index (χ2v) is 3.11. The fourth-order valence-corrected chi connectivity index (χ4v) is 1.43. The van der Waals surface area contributed by atoms with Gasteiger partial charge in [-0.2, -0.15) is 5.10 Å². The molecule has 0 aliphatic rings. The Balaban J connectivity index is 2.71. The van der Waals surface area contributed by atoms with Gasteiger partial charge in [-0.15, -0.1) is 0 Å². The Hall–Kier alpha value is -2.04. The summed E-state index contributed by atoms with van der Waals surface area (Å²) in [6.07, 6.45) is 1.70. The first-order valence-electron chi connectivity index (χ1n) is 4.14. The zero-order chi connectivity index (χ0) is 10.1. The van der Waals surface area contributed by atoms with Gasteiger partial charge in [0, 0.05) is 10.9 Å². The molecule has 0 fully saturated rings. The fraction of sp³-hybridized carbons (Fsp3) is 0.111. The Bertz CT molecular complexity index is 500. The smallest absolute Gasteiger partial charge is 0.170 e. The van der Waals surface area contributed by atoms with Gasteiger partial charge < -0.3 is 10.9 Å². The summed E-state index contributed by atoms with van der Waals surface area (Å²) in [7, 11) is 0. The van der Waals surface area contributed by atoms with E-state index in [1.807, 2.05) is 19.1 Å². The summed E-state index contributed by atoms with van der Waals surface area (Å²) in [6, 6.07) is 3.75. The summed E-state index contributed by atoms with van der Waals surface area (Å²) in [6.45, 7) is 1.90. The summed E-state index contributed by atoms with van der Waals surface area (Å²) in [5.74, 6) is 0.116. The molecule has 2 aromatic rings. The number of rotatable bonds is 1. The SMILES string of the molecule is Cc1cc2[nH]ncc2cc1/C(N)=N/O. The van der Waals surface area contributed by atoms with Crippen LogP contribution in [0.2, 0.25) is 0 Å². The molecule has 14 heavy (non-hydrogen) atoms. The second-order valence-electron chi connectivity index (χ2n) is 3.11. The predicted octanol–water partition coefficient (Wildman–Crippen LogP) is 0.966. The Morgan fingerprint density at radius 1 is 1.57 bits per heavy atom. The lowest BCUT2D eigenvalue weighted by molar-refractivity contribution is 0.318. The second kappa shape index (κ2) is 3.02. The third-order valence-electron chi connectivity index (χ3n) is 2.17. The monoisotopic (exact) mass is 190 g/mol. The zero-order valence-electron chi connectivity index (χ0n) is 7.65. The van der Waals surface area contributed by atoms with Crippen molar-refractivity contribution in [1.82, 2.24) is 10.2 Å². The van der Waals surface area contributed by atoms with Crippen LogP contribution in [-0.2, 0) is 0 Å². The molecule has 72 valence electrons. The third-order valence-corrected chi connectivity index (χ3v) is 2.17. The molecule has 0 atom stereocenters. The topological polar surface area (TPSA) is 87.3 Å². The largest absolute Gasteiger partial charge is 0.409 e. The Morgan fingerprint density at radius 2 is 2.36 bits per heavy atom. The number of oxime groups is 1. The fourth-order valence-electron chi connectivity index (χ4n) is 1.43. The van der Waals surface area contributed by atoms with Gasteiger partial charge in [0.25, 0.3) is 0 Å². The van der Waals surface area contributed by atoms with Gasteiger partial charge in [0.15, 0.2) is 5.84 Å². The lowest BCUT2D eigenvalue weighted by Gasteiger charge is -2.03. The van der Waals surface area contributed by atoms with E-state index in [1.165, 1.54) is 0 Å². The molecule has 0 aliphatic carbocycles. The number of amidine groups is 1. The summed E-state index contributed by atoms with van der Waals surface area (Å²) < 4.78 is 0. The van der Waals surface area contributed by atoms with Crippen LogP contribution in [0.15, 0.2) is 23.5 Å². The standard InChI is InChI=1S/C9H10N4O/c1-5-2-8-6(4-11-12-8)3-7(5)9(10)13-14/h2-4,14H,1H3,(H2,10,13)(H,11,12). The van der Waals surface area contributed by atoms with Gasteiger partial charge in [-0.3, -0.25) is 5.10 Å². The van der Waals surface area contributed by atoms with E-state index in [1.54, 1.807) is 6.20 Å². The number of nitrogens with zero attached hydrogens (tertiary/aromatic N) is 2. The number of aromatic amines is 1. The highest BCUT2D eigenvalue weighted by molar-refractivity contribution is 6.01. The number of fused-ring (bicyclic) bond motifs is 1. The van der Waals surface area contributed by atoms with Gasteiger partial charge in [0.2, 0.25) is 0 Å². The normalized spacial score (nSPS) is 12.2. The van der Waals surface area contributed by atoms with Crippen molar-refractivity contribution >= 4 is 16.7 Å². The van der Waals surface area contributed by atoms with Crippen molar-refractivity contribution in [3.05, 3.63) is 29.5 Å². The van der Waals surface area contributed by atoms with Crippen LogP contribution in [0.25, 0.3) is 10.9 Å². The minimum absolute atomic E-state index is 0.116. The quantitative estimate of drug-likeness (QED) is 0.271. The molecular weight excluding hydrogens is 180 g/mol. The van der Waals surface area contributed by atoms with E-state index in [4.69, 9.17) is 10.9 Å². The molecule has 1 aromatic carbocycles. The number of nitrogens with two attached hydrogens (primary N) is 1. The number of aryl methyl sites for hydroxylation is 1. The molecule has 0 amide bonds. The van der Waals surface area contributed by atoms with Crippen molar-refractivity contribution in [3.63, 3.8) is 0 Å². The van der Waals surface area contributed by atoms with E-state index in [2.05, 4.69) is 15.4 Å². The van der Waals surface area contributed by atoms with Crippen molar-refractivity contribution in [2.24, 2.45) is 10.9 Å². The molecule has 4 N–H and O–H groups in total.